The molecule has 0 unspecified atom stereocenters. The Kier molecular flexibility index (Phi) is 3.12. The lowest BCUT2D eigenvalue weighted by molar-refractivity contribution is 0.101. The molecule has 0 saturated heterocycles. The summed E-state index contributed by atoms with van der Waals surface area (Å²) in [7, 11) is 0. The smallest absolute Gasteiger partial charge is 0.431 e. The summed E-state index contributed by atoms with van der Waals surface area (Å²) in [6.45, 7) is 1.45. The van der Waals surface area contributed by atoms with Gasteiger partial charge in [-0.15, -0.1) is 0 Å². The highest BCUT2D eigenvalue weighted by Gasteiger charge is 1.98. The molecular weight excluding hydrogens is 182 g/mol. The maximum atomic E-state index is 11.0. The molecule has 72 valence electrons. The third-order valence-electron chi connectivity index (χ3n) is 1.62. The van der Waals surface area contributed by atoms with E-state index in [4.69, 9.17) is 5.11 Å². The van der Waals surface area contributed by atoms with E-state index in [-0.39, 0.29) is 5.78 Å². The molecule has 0 aliphatic carbocycles. The normalized spacial score (nSPS) is 10.4. The molecule has 14 heavy (non-hydrogen) atoms. The maximum Gasteiger partial charge on any atom is 0.431 e. The molecule has 4 heteroatoms. The molecule has 1 aromatic rings. The van der Waals surface area contributed by atoms with Crippen LogP contribution in [0, 0.1) is 0 Å². The minimum Gasteiger partial charge on any atom is -0.463 e. The lowest BCUT2D eigenvalue weighted by atomic mass is 10.1. The van der Waals surface area contributed by atoms with Gasteiger partial charge in [0.2, 0.25) is 0 Å². The van der Waals surface area contributed by atoms with Gasteiger partial charge in [0.1, 0.15) is 0 Å². The third kappa shape index (κ3) is 2.82. The molecule has 0 aliphatic rings. The molecule has 0 fully saturated rings. The Morgan fingerprint density at radius 3 is 2.71 bits per heavy atom. The van der Waals surface area contributed by atoms with Crippen LogP contribution < -0.4 is 0 Å². The van der Waals surface area contributed by atoms with Crippen LogP contribution in [0.4, 0.5) is 4.79 Å². The van der Waals surface area contributed by atoms with Crippen LogP contribution >= 0.6 is 0 Å². The number of nitrogens with zero attached hydrogens (tertiary/aromatic N) is 1. The summed E-state index contributed by atoms with van der Waals surface area (Å²) in [4.78, 5) is 24.3. The van der Waals surface area contributed by atoms with Crippen molar-refractivity contribution in [3.05, 3.63) is 35.4 Å². The van der Waals surface area contributed by atoms with Crippen molar-refractivity contribution in [2.24, 2.45) is 4.99 Å². The van der Waals surface area contributed by atoms with E-state index in [1.807, 2.05) is 0 Å². The summed E-state index contributed by atoms with van der Waals surface area (Å²) >= 11 is 0. The van der Waals surface area contributed by atoms with Crippen LogP contribution in [0.2, 0.25) is 0 Å². The number of aliphatic imine (C=N–C) groups is 1. The molecular formula is C10H9NO3. The Balaban J connectivity index is 2.94. The highest BCUT2D eigenvalue weighted by molar-refractivity contribution is 5.96. The van der Waals surface area contributed by atoms with Crippen molar-refractivity contribution >= 4 is 18.1 Å². The number of benzene rings is 1. The Morgan fingerprint density at radius 2 is 2.14 bits per heavy atom. The molecule has 1 rings (SSSR count). The van der Waals surface area contributed by atoms with E-state index in [1.54, 1.807) is 24.3 Å². The number of amides is 1. The second kappa shape index (κ2) is 4.32. The SMILES string of the molecule is CC(=O)c1cccc(/C=N/C(=O)O)c1. The van der Waals surface area contributed by atoms with E-state index < -0.39 is 6.09 Å². The minimum atomic E-state index is -1.25. The van der Waals surface area contributed by atoms with Crippen molar-refractivity contribution < 1.29 is 14.7 Å². The lowest BCUT2D eigenvalue weighted by Crippen LogP contribution is -1.94. The molecule has 0 spiro atoms. The third-order valence-corrected chi connectivity index (χ3v) is 1.62. The average molecular weight is 191 g/mol. The Bertz CT molecular complexity index is 396. The molecule has 1 aromatic carbocycles. The van der Waals surface area contributed by atoms with Gasteiger partial charge in [0.15, 0.2) is 5.78 Å². The van der Waals surface area contributed by atoms with Crippen LogP contribution in [-0.4, -0.2) is 23.2 Å². The quantitative estimate of drug-likeness (QED) is 0.574. The first-order chi connectivity index (χ1) is 6.59. The molecule has 0 atom stereocenters. The largest absolute Gasteiger partial charge is 0.463 e. The van der Waals surface area contributed by atoms with Gasteiger partial charge in [-0.25, -0.2) is 4.79 Å². The summed E-state index contributed by atoms with van der Waals surface area (Å²) in [5.41, 5.74) is 1.14. The number of ketones is 1. The van der Waals surface area contributed by atoms with Crippen molar-refractivity contribution in [1.29, 1.82) is 0 Å². The van der Waals surface area contributed by atoms with Crippen molar-refractivity contribution in [3.63, 3.8) is 0 Å². The molecule has 0 heterocycles. The van der Waals surface area contributed by atoms with E-state index in [0.29, 0.717) is 11.1 Å². The summed E-state index contributed by atoms with van der Waals surface area (Å²) in [6.07, 6.45) is -0.0485. The monoisotopic (exact) mass is 191 g/mol. The van der Waals surface area contributed by atoms with E-state index in [1.165, 1.54) is 13.1 Å². The summed E-state index contributed by atoms with van der Waals surface area (Å²) in [5.74, 6) is -0.0597. The van der Waals surface area contributed by atoms with Gasteiger partial charge < -0.3 is 5.11 Å². The van der Waals surface area contributed by atoms with Crippen LogP contribution in [-0.2, 0) is 0 Å². The molecule has 1 N–H and O–H groups in total. The predicted octanol–water partition coefficient (Wildman–Crippen LogP) is 1.99. The summed E-state index contributed by atoms with van der Waals surface area (Å²) < 4.78 is 0. The molecule has 0 aliphatic heterocycles. The fraction of sp³-hybridized carbons (Fsp3) is 0.100. The molecule has 0 bridgehead atoms. The maximum absolute atomic E-state index is 11.0. The van der Waals surface area contributed by atoms with Gasteiger partial charge in [-0.3, -0.25) is 4.79 Å². The van der Waals surface area contributed by atoms with E-state index in [9.17, 15) is 9.59 Å². The zero-order chi connectivity index (χ0) is 10.6. The number of hydrogen-bond donors (Lipinski definition) is 1. The number of carbonyl (C=O) groups is 2. The molecule has 0 saturated carbocycles. The van der Waals surface area contributed by atoms with E-state index >= 15 is 0 Å². The number of rotatable bonds is 2. The van der Waals surface area contributed by atoms with Crippen LogP contribution in [0.25, 0.3) is 0 Å². The van der Waals surface area contributed by atoms with E-state index in [0.717, 1.165) is 0 Å². The molecule has 4 nitrogen and oxygen atoms in total. The first kappa shape index (κ1) is 10.1. The Morgan fingerprint density at radius 1 is 1.43 bits per heavy atom. The van der Waals surface area contributed by atoms with Crippen molar-refractivity contribution in [2.75, 3.05) is 0 Å². The second-order valence-electron chi connectivity index (χ2n) is 2.72. The topological polar surface area (TPSA) is 66.7 Å². The van der Waals surface area contributed by atoms with Crippen LogP contribution in [0.15, 0.2) is 29.3 Å². The number of Topliss-reactive ketones (excluding diaryl/α,β-unsaturated/α-hetero) is 1. The van der Waals surface area contributed by atoms with Gasteiger partial charge in [0.25, 0.3) is 0 Å². The van der Waals surface area contributed by atoms with Gasteiger partial charge >= 0.3 is 6.09 Å². The Labute approximate surface area is 80.9 Å². The molecule has 0 aromatic heterocycles. The highest BCUT2D eigenvalue weighted by atomic mass is 16.4. The Hall–Kier alpha value is -1.97. The van der Waals surface area contributed by atoms with Gasteiger partial charge in [0.05, 0.1) is 0 Å². The average Bonchev–Trinajstić information content (AvgIpc) is 2.15. The first-order valence-corrected chi connectivity index (χ1v) is 3.97. The lowest BCUT2D eigenvalue weighted by Gasteiger charge is -1.96. The van der Waals surface area contributed by atoms with Crippen molar-refractivity contribution in [3.8, 4) is 0 Å². The number of carbonyl (C=O) groups excluding carboxylic acids is 1. The first-order valence-electron chi connectivity index (χ1n) is 3.97. The van der Waals surface area contributed by atoms with Crippen LogP contribution in [0.1, 0.15) is 22.8 Å². The summed E-state index contributed by atoms with van der Waals surface area (Å²) in [6, 6.07) is 6.62. The van der Waals surface area contributed by atoms with Crippen LogP contribution in [0.5, 0.6) is 0 Å². The molecule has 0 radical (unpaired) electrons. The van der Waals surface area contributed by atoms with Crippen molar-refractivity contribution in [1.82, 2.24) is 0 Å². The van der Waals surface area contributed by atoms with Gasteiger partial charge in [-0.2, -0.15) is 4.99 Å². The van der Waals surface area contributed by atoms with Gasteiger partial charge in [0, 0.05) is 11.8 Å². The highest BCUT2D eigenvalue weighted by Crippen LogP contribution is 2.03. The van der Waals surface area contributed by atoms with Crippen molar-refractivity contribution in [2.45, 2.75) is 6.92 Å². The fourth-order valence-corrected chi connectivity index (χ4v) is 0.968. The number of carboxylic acid groups (broad SMARTS) is 1. The second-order valence-corrected chi connectivity index (χ2v) is 2.72. The predicted molar refractivity (Wildman–Crippen MR) is 52.1 cm³/mol. The molecule has 1 amide bonds. The van der Waals surface area contributed by atoms with Crippen LogP contribution in [0.3, 0.4) is 0 Å². The van der Waals surface area contributed by atoms with Gasteiger partial charge in [-0.05, 0) is 18.6 Å². The zero-order valence-corrected chi connectivity index (χ0v) is 7.60. The zero-order valence-electron chi connectivity index (χ0n) is 7.60. The number of hydrogen-bond acceptors (Lipinski definition) is 2. The van der Waals surface area contributed by atoms with Gasteiger partial charge in [-0.1, -0.05) is 18.2 Å². The standard InChI is InChI=1S/C10H9NO3/c1-7(12)9-4-2-3-8(5-9)6-11-10(13)14/h2-6H,1H3,(H,13,14)/b11-6+. The van der Waals surface area contributed by atoms with E-state index in [2.05, 4.69) is 4.99 Å². The summed E-state index contributed by atoms with van der Waals surface area (Å²) in [5, 5.41) is 8.29. The minimum absolute atomic E-state index is 0.0597. The fourth-order valence-electron chi connectivity index (χ4n) is 0.968.